The van der Waals surface area contributed by atoms with Crippen molar-refractivity contribution >= 4 is 27.2 Å². The highest BCUT2D eigenvalue weighted by atomic mass is 15.2. The summed E-state index contributed by atoms with van der Waals surface area (Å²) in [5.41, 5.74) is 9.36. The van der Waals surface area contributed by atoms with Gasteiger partial charge in [0, 0.05) is 34.8 Å². The van der Waals surface area contributed by atoms with E-state index in [1.165, 1.54) is 27.1 Å². The summed E-state index contributed by atoms with van der Waals surface area (Å²) in [6.45, 7) is 0. The zero-order valence-electron chi connectivity index (χ0n) is 33.9. The second kappa shape index (κ2) is 13.3. The van der Waals surface area contributed by atoms with E-state index >= 15 is 0 Å². The molecule has 56 heavy (non-hydrogen) atoms. The van der Waals surface area contributed by atoms with Gasteiger partial charge in [-0.2, -0.15) is 0 Å². The lowest BCUT2D eigenvalue weighted by Crippen LogP contribution is -2.36. The van der Waals surface area contributed by atoms with Gasteiger partial charge >= 0.3 is 0 Å². The van der Waals surface area contributed by atoms with E-state index in [4.69, 9.17) is 0 Å². The molecule has 4 aliphatic rings. The Labute approximate surface area is 333 Å². The Morgan fingerprint density at radius 1 is 0.625 bits per heavy atom. The number of anilines is 1. The summed E-state index contributed by atoms with van der Waals surface area (Å²) < 4.78 is 30.5. The van der Waals surface area contributed by atoms with E-state index in [1.54, 1.807) is 0 Å². The normalized spacial score (nSPS) is 21.4. The summed E-state index contributed by atoms with van der Waals surface area (Å²) in [6, 6.07) is 58.4. The van der Waals surface area contributed by atoms with E-state index in [0.717, 1.165) is 44.8 Å². The SMILES string of the molecule is [2H]C1=C([2H])C2c3ccccc3C(c3ccccc3)(c3ccccc3)C2C([2H])=C1N(C1=CC=C2C=CC=CC2C1)c1ccc(-c2cc3ccccc3c3ccccc23)cc1. The number of allylic oxidation sites excluding steroid dienone is 11. The Kier molecular flexibility index (Phi) is 7.01. The highest BCUT2D eigenvalue weighted by Crippen LogP contribution is 2.60. The van der Waals surface area contributed by atoms with Gasteiger partial charge in [-0.1, -0.05) is 188 Å². The minimum absolute atomic E-state index is 0.0994. The van der Waals surface area contributed by atoms with Gasteiger partial charge < -0.3 is 4.90 Å². The molecule has 3 atom stereocenters. The van der Waals surface area contributed by atoms with Crippen LogP contribution in [0, 0.1) is 11.8 Å². The van der Waals surface area contributed by atoms with Crippen molar-refractivity contribution in [3.63, 3.8) is 0 Å². The van der Waals surface area contributed by atoms with Crippen molar-refractivity contribution in [2.75, 3.05) is 4.90 Å². The molecule has 3 unspecified atom stereocenters. The van der Waals surface area contributed by atoms with E-state index < -0.39 is 17.3 Å². The van der Waals surface area contributed by atoms with Gasteiger partial charge in [-0.15, -0.1) is 0 Å². The molecule has 0 amide bonds. The Morgan fingerprint density at radius 3 is 2.09 bits per heavy atom. The van der Waals surface area contributed by atoms with E-state index in [1.807, 2.05) is 18.2 Å². The molecule has 0 N–H and O–H groups in total. The third-order valence-corrected chi connectivity index (χ3v) is 12.4. The van der Waals surface area contributed by atoms with Gasteiger partial charge in [-0.25, -0.2) is 0 Å². The zero-order valence-corrected chi connectivity index (χ0v) is 30.9. The van der Waals surface area contributed by atoms with Crippen molar-refractivity contribution in [3.8, 4) is 11.1 Å². The Morgan fingerprint density at radius 2 is 1.30 bits per heavy atom. The summed E-state index contributed by atoms with van der Waals surface area (Å²) in [5, 5.41) is 4.85. The molecule has 0 bridgehead atoms. The number of nitrogens with zero attached hydrogens (tertiary/aromatic N) is 1. The maximum Gasteiger partial charge on any atom is 0.0642 e. The molecular formula is C55H41N. The van der Waals surface area contributed by atoms with Crippen LogP contribution in [-0.4, -0.2) is 0 Å². The van der Waals surface area contributed by atoms with Gasteiger partial charge in [-0.3, -0.25) is 0 Å². The van der Waals surface area contributed by atoms with Crippen LogP contribution in [0.2, 0.25) is 0 Å². The summed E-state index contributed by atoms with van der Waals surface area (Å²) in [7, 11) is 0. The molecule has 0 radical (unpaired) electrons. The van der Waals surface area contributed by atoms with E-state index in [0.29, 0.717) is 18.2 Å². The Hall–Kier alpha value is -6.70. The van der Waals surface area contributed by atoms with Crippen LogP contribution < -0.4 is 4.90 Å². The van der Waals surface area contributed by atoms with Crippen LogP contribution in [0.3, 0.4) is 0 Å². The molecule has 0 fully saturated rings. The molecule has 266 valence electrons. The number of hydrogen-bond donors (Lipinski definition) is 0. The fourth-order valence-electron chi connectivity index (χ4n) is 9.90. The topological polar surface area (TPSA) is 3.24 Å². The van der Waals surface area contributed by atoms with Crippen LogP contribution in [0.1, 0.15) is 38.7 Å². The van der Waals surface area contributed by atoms with E-state index in [2.05, 4.69) is 187 Å². The maximum atomic E-state index is 10.6. The lowest BCUT2D eigenvalue weighted by Gasteiger charge is -2.41. The summed E-state index contributed by atoms with van der Waals surface area (Å²) >= 11 is 0. The Balaban J connectivity index is 1.14. The highest BCUT2D eigenvalue weighted by molar-refractivity contribution is 6.13. The highest BCUT2D eigenvalue weighted by Gasteiger charge is 2.53. The van der Waals surface area contributed by atoms with Gasteiger partial charge in [0.1, 0.15) is 0 Å². The first-order valence-electron chi connectivity index (χ1n) is 21.2. The van der Waals surface area contributed by atoms with Crippen LogP contribution >= 0.6 is 0 Å². The predicted molar refractivity (Wildman–Crippen MR) is 235 cm³/mol. The smallest absolute Gasteiger partial charge is 0.0642 e. The number of rotatable bonds is 6. The van der Waals surface area contributed by atoms with Crippen molar-refractivity contribution in [2.45, 2.75) is 17.8 Å². The molecule has 11 rings (SSSR count). The van der Waals surface area contributed by atoms with Crippen LogP contribution in [0.15, 0.2) is 235 Å². The average molecular weight is 719 g/mol. The van der Waals surface area contributed by atoms with Crippen LogP contribution in [0.4, 0.5) is 5.69 Å². The average Bonchev–Trinajstić information content (AvgIpc) is 3.62. The van der Waals surface area contributed by atoms with Crippen molar-refractivity contribution in [1.82, 2.24) is 0 Å². The third-order valence-electron chi connectivity index (χ3n) is 12.4. The molecule has 7 aromatic carbocycles. The first-order valence-corrected chi connectivity index (χ1v) is 19.7. The molecule has 0 spiro atoms. The molecule has 4 aliphatic carbocycles. The van der Waals surface area contributed by atoms with Gasteiger partial charge in [0.25, 0.3) is 0 Å². The third kappa shape index (κ3) is 5.08. The predicted octanol–water partition coefficient (Wildman–Crippen LogP) is 13.6. The summed E-state index contributed by atoms with van der Waals surface area (Å²) in [4.78, 5) is 2.14. The van der Waals surface area contributed by atoms with Gasteiger partial charge in [0.15, 0.2) is 0 Å². The van der Waals surface area contributed by atoms with Crippen LogP contribution in [-0.2, 0) is 5.41 Å². The van der Waals surface area contributed by atoms with Crippen LogP contribution in [0.25, 0.3) is 32.7 Å². The van der Waals surface area contributed by atoms with Crippen molar-refractivity contribution in [1.29, 1.82) is 0 Å². The van der Waals surface area contributed by atoms with Gasteiger partial charge in [-0.05, 0) is 97.2 Å². The number of hydrogen-bond acceptors (Lipinski definition) is 1. The lowest BCUT2D eigenvalue weighted by molar-refractivity contribution is 0.453. The summed E-state index contributed by atoms with van der Waals surface area (Å²) in [5.74, 6) is -0.757. The monoisotopic (exact) mass is 718 g/mol. The molecule has 0 saturated carbocycles. The maximum absolute atomic E-state index is 10.6. The standard InChI is InChI=1S/C55H41N/c1-3-18-42(19-4-1)55(43-20-5-2-6-21-43)53-26-14-13-25-50(53)51-34-33-46(37-54(51)55)56(45-32-27-38-15-7-8-16-40(38)35-45)44-30-28-39(29-31-44)52-36-41-17-9-10-22-47(41)48-23-11-12-24-49(48)52/h1-34,36-37,40,51,54H,35H2/i33D,34D,37D. The first kappa shape index (κ1) is 29.6. The molecule has 0 heterocycles. The summed E-state index contributed by atoms with van der Waals surface area (Å²) in [6.07, 6.45) is 13.7. The van der Waals surface area contributed by atoms with Gasteiger partial charge in [0.05, 0.1) is 9.53 Å². The quantitative estimate of drug-likeness (QED) is 0.155. The fourth-order valence-corrected chi connectivity index (χ4v) is 9.90. The van der Waals surface area contributed by atoms with Gasteiger partial charge in [0.2, 0.25) is 0 Å². The molecular weight excluding hydrogens is 675 g/mol. The zero-order chi connectivity index (χ0) is 39.7. The molecule has 7 aromatic rings. The second-order valence-electron chi connectivity index (χ2n) is 15.3. The van der Waals surface area contributed by atoms with Crippen LogP contribution in [0.5, 0.6) is 0 Å². The Bertz CT molecular complexity index is 2960. The van der Waals surface area contributed by atoms with Crippen molar-refractivity contribution in [3.05, 3.63) is 258 Å². The fraction of sp³-hybridized carbons (Fsp3) is 0.0909. The number of benzene rings is 7. The van der Waals surface area contributed by atoms with Crippen molar-refractivity contribution in [2.24, 2.45) is 11.8 Å². The van der Waals surface area contributed by atoms with Crippen molar-refractivity contribution < 1.29 is 4.11 Å². The number of fused-ring (bicyclic) bond motifs is 7. The first-order chi connectivity index (χ1) is 29.0. The molecule has 0 aliphatic heterocycles. The minimum Gasteiger partial charge on any atom is -0.315 e. The van der Waals surface area contributed by atoms with E-state index in [9.17, 15) is 4.11 Å². The largest absolute Gasteiger partial charge is 0.315 e. The second-order valence-corrected chi connectivity index (χ2v) is 15.3. The molecule has 0 saturated heterocycles. The minimum atomic E-state index is -0.767. The lowest BCUT2D eigenvalue weighted by atomic mass is 9.63. The van der Waals surface area contributed by atoms with E-state index in [-0.39, 0.29) is 18.0 Å². The molecule has 1 nitrogen and oxygen atoms in total. The molecule has 0 aromatic heterocycles. The molecule has 1 heteroatoms.